The summed E-state index contributed by atoms with van der Waals surface area (Å²) in [6.45, 7) is 4.04. The molecule has 0 amide bonds. The van der Waals surface area contributed by atoms with E-state index >= 15 is 0 Å². The summed E-state index contributed by atoms with van der Waals surface area (Å²) >= 11 is 1.72. The molecule has 2 N–H and O–H groups in total. The average Bonchev–Trinajstić information content (AvgIpc) is 2.94. The Morgan fingerprint density at radius 2 is 2.06 bits per heavy atom. The fourth-order valence-electron chi connectivity index (χ4n) is 1.82. The molecule has 0 aliphatic carbocycles. The van der Waals surface area contributed by atoms with Crippen LogP contribution in [-0.4, -0.2) is 18.1 Å². The molecule has 1 heterocycles. The molecule has 0 radical (unpaired) electrons. The lowest BCUT2D eigenvalue weighted by Gasteiger charge is -2.14. The third-order valence-corrected chi connectivity index (χ3v) is 3.67. The van der Waals surface area contributed by atoms with E-state index in [0.29, 0.717) is 6.04 Å². The van der Waals surface area contributed by atoms with Crippen molar-refractivity contribution < 1.29 is 0 Å². The maximum atomic E-state index is 4.36. The van der Waals surface area contributed by atoms with Crippen LogP contribution in [0.4, 0.5) is 5.69 Å². The molecule has 2 aromatic rings. The SMILES string of the molecule is CCC(NCCNc1ccccc1)c1nccs1. The molecule has 4 heteroatoms. The van der Waals surface area contributed by atoms with Gasteiger partial charge in [0.1, 0.15) is 5.01 Å². The predicted octanol–water partition coefficient (Wildman–Crippen LogP) is 3.30. The smallest absolute Gasteiger partial charge is 0.109 e. The van der Waals surface area contributed by atoms with Crippen molar-refractivity contribution in [2.45, 2.75) is 19.4 Å². The molecule has 2 rings (SSSR count). The maximum Gasteiger partial charge on any atom is 0.109 e. The first kappa shape index (κ1) is 13.1. The van der Waals surface area contributed by atoms with Gasteiger partial charge in [0.05, 0.1) is 6.04 Å². The van der Waals surface area contributed by atoms with Crippen LogP contribution in [0.2, 0.25) is 0 Å². The van der Waals surface area contributed by atoms with Gasteiger partial charge < -0.3 is 10.6 Å². The Bertz CT molecular complexity index is 428. The molecule has 96 valence electrons. The molecule has 1 unspecified atom stereocenters. The molecule has 0 fully saturated rings. The molecule has 0 saturated carbocycles. The van der Waals surface area contributed by atoms with E-state index in [1.807, 2.05) is 29.8 Å². The van der Waals surface area contributed by atoms with Gasteiger partial charge in [-0.3, -0.25) is 0 Å². The zero-order valence-electron chi connectivity index (χ0n) is 10.6. The molecule has 0 aliphatic rings. The van der Waals surface area contributed by atoms with Gasteiger partial charge in [-0.1, -0.05) is 25.1 Å². The highest BCUT2D eigenvalue weighted by Crippen LogP contribution is 2.18. The number of hydrogen-bond acceptors (Lipinski definition) is 4. The quantitative estimate of drug-likeness (QED) is 0.751. The third-order valence-electron chi connectivity index (χ3n) is 2.78. The summed E-state index contributed by atoms with van der Waals surface area (Å²) in [4.78, 5) is 4.36. The summed E-state index contributed by atoms with van der Waals surface area (Å²) in [7, 11) is 0. The molecular formula is C14H19N3S. The van der Waals surface area contributed by atoms with Crippen LogP contribution in [0.15, 0.2) is 41.9 Å². The first-order valence-electron chi connectivity index (χ1n) is 6.32. The first-order chi connectivity index (χ1) is 8.90. The van der Waals surface area contributed by atoms with Gasteiger partial charge in [-0.05, 0) is 18.6 Å². The van der Waals surface area contributed by atoms with E-state index in [-0.39, 0.29) is 0 Å². The van der Waals surface area contributed by atoms with E-state index in [4.69, 9.17) is 0 Å². The highest BCUT2D eigenvalue weighted by molar-refractivity contribution is 7.09. The van der Waals surface area contributed by atoms with Gasteiger partial charge in [-0.25, -0.2) is 4.98 Å². The van der Waals surface area contributed by atoms with Crippen molar-refractivity contribution in [3.63, 3.8) is 0 Å². The topological polar surface area (TPSA) is 37.0 Å². The molecule has 0 spiro atoms. The van der Waals surface area contributed by atoms with Crippen LogP contribution in [-0.2, 0) is 0 Å². The van der Waals surface area contributed by atoms with Crippen molar-refractivity contribution in [1.29, 1.82) is 0 Å². The number of rotatable bonds is 7. The zero-order valence-corrected chi connectivity index (χ0v) is 11.4. The van der Waals surface area contributed by atoms with Gasteiger partial charge in [0.15, 0.2) is 0 Å². The van der Waals surface area contributed by atoms with Crippen LogP contribution in [0.5, 0.6) is 0 Å². The third kappa shape index (κ3) is 3.82. The highest BCUT2D eigenvalue weighted by Gasteiger charge is 2.09. The zero-order chi connectivity index (χ0) is 12.6. The summed E-state index contributed by atoms with van der Waals surface area (Å²) in [6.07, 6.45) is 2.94. The van der Waals surface area contributed by atoms with Crippen LogP contribution in [0.25, 0.3) is 0 Å². The lowest BCUT2D eigenvalue weighted by atomic mass is 10.2. The van der Waals surface area contributed by atoms with Crippen LogP contribution >= 0.6 is 11.3 Å². The molecule has 1 atom stereocenters. The maximum absolute atomic E-state index is 4.36. The van der Waals surface area contributed by atoms with E-state index in [1.54, 1.807) is 11.3 Å². The number of nitrogens with zero attached hydrogens (tertiary/aromatic N) is 1. The Morgan fingerprint density at radius 1 is 1.22 bits per heavy atom. The molecular weight excluding hydrogens is 242 g/mol. The Labute approximate surface area is 112 Å². The number of anilines is 1. The Kier molecular flexibility index (Phi) is 5.17. The van der Waals surface area contributed by atoms with Gasteiger partial charge in [0.2, 0.25) is 0 Å². The summed E-state index contributed by atoms with van der Waals surface area (Å²) in [5, 5.41) is 10.1. The van der Waals surface area contributed by atoms with E-state index in [2.05, 4.69) is 34.7 Å². The van der Waals surface area contributed by atoms with Gasteiger partial charge in [0.25, 0.3) is 0 Å². The Morgan fingerprint density at radius 3 is 2.72 bits per heavy atom. The largest absolute Gasteiger partial charge is 0.384 e. The molecule has 0 aliphatic heterocycles. The van der Waals surface area contributed by atoms with Crippen LogP contribution < -0.4 is 10.6 Å². The lowest BCUT2D eigenvalue weighted by Crippen LogP contribution is -2.26. The monoisotopic (exact) mass is 261 g/mol. The molecule has 3 nitrogen and oxygen atoms in total. The fraction of sp³-hybridized carbons (Fsp3) is 0.357. The van der Waals surface area contributed by atoms with Crippen LogP contribution in [0.1, 0.15) is 24.4 Å². The van der Waals surface area contributed by atoms with Crippen LogP contribution in [0, 0.1) is 0 Å². The molecule has 1 aromatic heterocycles. The Balaban J connectivity index is 1.71. The minimum absolute atomic E-state index is 0.377. The Hall–Kier alpha value is -1.39. The van der Waals surface area contributed by atoms with Gasteiger partial charge >= 0.3 is 0 Å². The molecule has 0 bridgehead atoms. The van der Waals surface area contributed by atoms with Crippen molar-refractivity contribution >= 4 is 17.0 Å². The van der Waals surface area contributed by atoms with Crippen molar-refractivity contribution in [2.75, 3.05) is 18.4 Å². The number of thiazole rings is 1. The second-order valence-electron chi connectivity index (χ2n) is 4.08. The summed E-state index contributed by atoms with van der Waals surface area (Å²) in [5.41, 5.74) is 1.17. The normalized spacial score (nSPS) is 12.3. The minimum atomic E-state index is 0.377. The van der Waals surface area contributed by atoms with Crippen molar-refractivity contribution in [2.24, 2.45) is 0 Å². The highest BCUT2D eigenvalue weighted by atomic mass is 32.1. The summed E-state index contributed by atoms with van der Waals surface area (Å²) < 4.78 is 0. The minimum Gasteiger partial charge on any atom is -0.384 e. The van der Waals surface area contributed by atoms with Gasteiger partial charge in [0, 0.05) is 30.4 Å². The predicted molar refractivity (Wildman–Crippen MR) is 78.1 cm³/mol. The van der Waals surface area contributed by atoms with E-state index in [9.17, 15) is 0 Å². The lowest BCUT2D eigenvalue weighted by molar-refractivity contribution is 0.528. The van der Waals surface area contributed by atoms with Crippen molar-refractivity contribution in [1.82, 2.24) is 10.3 Å². The number of benzene rings is 1. The van der Waals surface area contributed by atoms with E-state index < -0.39 is 0 Å². The average molecular weight is 261 g/mol. The second kappa shape index (κ2) is 7.13. The number of para-hydroxylation sites is 1. The summed E-state index contributed by atoms with van der Waals surface area (Å²) in [5.74, 6) is 0. The fourth-order valence-corrected chi connectivity index (χ4v) is 2.62. The molecule has 18 heavy (non-hydrogen) atoms. The van der Waals surface area contributed by atoms with Crippen LogP contribution in [0.3, 0.4) is 0 Å². The van der Waals surface area contributed by atoms with E-state index in [0.717, 1.165) is 19.5 Å². The summed E-state index contributed by atoms with van der Waals surface area (Å²) in [6, 6.07) is 10.7. The van der Waals surface area contributed by atoms with Gasteiger partial charge in [-0.15, -0.1) is 11.3 Å². The first-order valence-corrected chi connectivity index (χ1v) is 7.20. The van der Waals surface area contributed by atoms with E-state index in [1.165, 1.54) is 10.7 Å². The molecule has 1 aromatic carbocycles. The van der Waals surface area contributed by atoms with Gasteiger partial charge in [-0.2, -0.15) is 0 Å². The number of aromatic nitrogens is 1. The number of hydrogen-bond donors (Lipinski definition) is 2. The second-order valence-corrected chi connectivity index (χ2v) is 5.00. The van der Waals surface area contributed by atoms with Crippen molar-refractivity contribution in [3.8, 4) is 0 Å². The standard InChI is InChI=1S/C14H19N3S/c1-2-13(14-17-10-11-18-14)16-9-8-15-12-6-4-3-5-7-12/h3-7,10-11,13,15-16H,2,8-9H2,1H3. The number of nitrogens with one attached hydrogen (secondary N) is 2. The molecule has 0 saturated heterocycles. The van der Waals surface area contributed by atoms with Crippen molar-refractivity contribution in [3.05, 3.63) is 46.9 Å².